The van der Waals surface area contributed by atoms with Crippen LogP contribution in [0.15, 0.2) is 30.5 Å². The Morgan fingerprint density at radius 3 is 2.84 bits per heavy atom. The van der Waals surface area contributed by atoms with E-state index in [0.717, 1.165) is 29.4 Å². The molecule has 1 fully saturated rings. The van der Waals surface area contributed by atoms with Gasteiger partial charge in [0.05, 0.1) is 5.69 Å². The second kappa shape index (κ2) is 5.35. The van der Waals surface area contributed by atoms with E-state index in [0.29, 0.717) is 5.92 Å². The van der Waals surface area contributed by atoms with Crippen molar-refractivity contribution in [1.82, 2.24) is 14.9 Å². The summed E-state index contributed by atoms with van der Waals surface area (Å²) in [6.45, 7) is 2.17. The molecule has 0 amide bonds. The number of aromatic nitrogens is 2. The normalized spacial score (nSPS) is 16.7. The fourth-order valence-electron chi connectivity index (χ4n) is 2.73. The maximum Gasteiger partial charge on any atom is 0.112 e. The Morgan fingerprint density at radius 2 is 2.11 bits per heavy atom. The van der Waals surface area contributed by atoms with Gasteiger partial charge in [0.1, 0.15) is 5.82 Å². The SMILES string of the molecule is Cn1cc(-c2cccc(Cl)c2)nc1C1CCNCC1. The lowest BCUT2D eigenvalue weighted by Gasteiger charge is -2.21. The van der Waals surface area contributed by atoms with Crippen LogP contribution in [0.3, 0.4) is 0 Å². The number of benzene rings is 1. The van der Waals surface area contributed by atoms with Crippen LogP contribution in [0.2, 0.25) is 5.02 Å². The van der Waals surface area contributed by atoms with Crippen molar-refractivity contribution in [2.75, 3.05) is 13.1 Å². The number of nitrogens with one attached hydrogen (secondary N) is 1. The largest absolute Gasteiger partial charge is 0.337 e. The summed E-state index contributed by atoms with van der Waals surface area (Å²) in [5, 5.41) is 4.15. The van der Waals surface area contributed by atoms with Gasteiger partial charge in [-0.3, -0.25) is 0 Å². The average Bonchev–Trinajstić information content (AvgIpc) is 2.82. The van der Waals surface area contributed by atoms with E-state index in [1.807, 2.05) is 18.2 Å². The molecule has 100 valence electrons. The van der Waals surface area contributed by atoms with E-state index in [2.05, 4.69) is 29.2 Å². The van der Waals surface area contributed by atoms with E-state index >= 15 is 0 Å². The Kier molecular flexibility index (Phi) is 3.58. The summed E-state index contributed by atoms with van der Waals surface area (Å²) in [5.41, 5.74) is 2.10. The number of hydrogen-bond donors (Lipinski definition) is 1. The maximum atomic E-state index is 6.05. The van der Waals surface area contributed by atoms with Crippen LogP contribution in [-0.2, 0) is 7.05 Å². The van der Waals surface area contributed by atoms with Crippen LogP contribution in [0.5, 0.6) is 0 Å². The summed E-state index contributed by atoms with van der Waals surface area (Å²) < 4.78 is 2.16. The monoisotopic (exact) mass is 275 g/mol. The standard InChI is InChI=1S/C15H18ClN3/c1-19-10-14(12-3-2-4-13(16)9-12)18-15(19)11-5-7-17-8-6-11/h2-4,9-11,17H,5-8H2,1H3. The first-order valence-electron chi connectivity index (χ1n) is 6.74. The van der Waals surface area contributed by atoms with Crippen molar-refractivity contribution < 1.29 is 0 Å². The van der Waals surface area contributed by atoms with Crippen LogP contribution >= 0.6 is 11.6 Å². The van der Waals surface area contributed by atoms with Crippen molar-refractivity contribution in [3.63, 3.8) is 0 Å². The second-order valence-corrected chi connectivity index (χ2v) is 5.57. The van der Waals surface area contributed by atoms with E-state index in [-0.39, 0.29) is 0 Å². The lowest BCUT2D eigenvalue weighted by molar-refractivity contribution is 0.437. The van der Waals surface area contributed by atoms with Gasteiger partial charge in [0.25, 0.3) is 0 Å². The summed E-state index contributed by atoms with van der Waals surface area (Å²) in [5.74, 6) is 1.76. The van der Waals surface area contributed by atoms with E-state index in [4.69, 9.17) is 16.6 Å². The molecule has 19 heavy (non-hydrogen) atoms. The van der Waals surface area contributed by atoms with E-state index in [1.54, 1.807) is 0 Å². The smallest absolute Gasteiger partial charge is 0.112 e. The van der Waals surface area contributed by atoms with Gasteiger partial charge in [0.2, 0.25) is 0 Å². The van der Waals surface area contributed by atoms with Crippen LogP contribution in [0.1, 0.15) is 24.6 Å². The maximum absolute atomic E-state index is 6.05. The van der Waals surface area contributed by atoms with Crippen molar-refractivity contribution in [3.8, 4) is 11.3 Å². The summed E-state index contributed by atoms with van der Waals surface area (Å²) in [4.78, 5) is 4.82. The predicted molar refractivity (Wildman–Crippen MR) is 78.5 cm³/mol. The molecule has 2 heterocycles. The second-order valence-electron chi connectivity index (χ2n) is 5.13. The highest BCUT2D eigenvalue weighted by Gasteiger charge is 2.20. The van der Waals surface area contributed by atoms with Crippen LogP contribution in [-0.4, -0.2) is 22.6 Å². The first-order valence-corrected chi connectivity index (χ1v) is 7.12. The Balaban J connectivity index is 1.92. The topological polar surface area (TPSA) is 29.9 Å². The molecule has 4 heteroatoms. The van der Waals surface area contributed by atoms with Crippen molar-refractivity contribution in [2.45, 2.75) is 18.8 Å². The van der Waals surface area contributed by atoms with Gasteiger partial charge < -0.3 is 9.88 Å². The molecule has 1 N–H and O–H groups in total. The minimum absolute atomic E-state index is 0.569. The lowest BCUT2D eigenvalue weighted by Crippen LogP contribution is -2.27. The average molecular weight is 276 g/mol. The molecule has 0 aliphatic carbocycles. The van der Waals surface area contributed by atoms with Crippen LogP contribution in [0, 0.1) is 0 Å². The molecule has 3 rings (SSSR count). The molecule has 1 aromatic carbocycles. The number of hydrogen-bond acceptors (Lipinski definition) is 2. The molecule has 2 aromatic rings. The Hall–Kier alpha value is -1.32. The van der Waals surface area contributed by atoms with Gasteiger partial charge in [-0.05, 0) is 38.1 Å². The third kappa shape index (κ3) is 2.67. The minimum atomic E-state index is 0.569. The molecule has 0 bridgehead atoms. The summed E-state index contributed by atoms with van der Waals surface area (Å²) in [6.07, 6.45) is 4.43. The van der Waals surface area contributed by atoms with Gasteiger partial charge >= 0.3 is 0 Å². The fourth-order valence-corrected chi connectivity index (χ4v) is 2.92. The van der Waals surface area contributed by atoms with Crippen molar-refractivity contribution in [2.24, 2.45) is 7.05 Å². The molecule has 1 aliphatic rings. The molecule has 0 atom stereocenters. The minimum Gasteiger partial charge on any atom is -0.337 e. The summed E-state index contributed by atoms with van der Waals surface area (Å²) in [7, 11) is 2.08. The molecule has 1 saturated heterocycles. The molecular formula is C15H18ClN3. The van der Waals surface area contributed by atoms with Crippen LogP contribution in [0.4, 0.5) is 0 Å². The highest BCUT2D eigenvalue weighted by Crippen LogP contribution is 2.28. The summed E-state index contributed by atoms with van der Waals surface area (Å²) in [6, 6.07) is 7.88. The molecule has 1 aromatic heterocycles. The highest BCUT2D eigenvalue weighted by atomic mass is 35.5. The third-order valence-corrected chi connectivity index (χ3v) is 3.97. The quantitative estimate of drug-likeness (QED) is 0.912. The number of halogens is 1. The van der Waals surface area contributed by atoms with Crippen LogP contribution < -0.4 is 5.32 Å². The molecule has 1 aliphatic heterocycles. The zero-order valence-electron chi connectivity index (χ0n) is 11.1. The Morgan fingerprint density at radius 1 is 1.32 bits per heavy atom. The number of piperidine rings is 1. The zero-order chi connectivity index (χ0) is 13.2. The van der Waals surface area contributed by atoms with Gasteiger partial charge in [0.15, 0.2) is 0 Å². The Labute approximate surface area is 118 Å². The van der Waals surface area contributed by atoms with Crippen molar-refractivity contribution in [1.29, 1.82) is 0 Å². The van der Waals surface area contributed by atoms with Gasteiger partial charge in [0, 0.05) is 29.7 Å². The van der Waals surface area contributed by atoms with E-state index in [9.17, 15) is 0 Å². The number of nitrogens with zero attached hydrogens (tertiary/aromatic N) is 2. The van der Waals surface area contributed by atoms with Crippen molar-refractivity contribution >= 4 is 11.6 Å². The first kappa shape index (κ1) is 12.7. The van der Waals surface area contributed by atoms with E-state index < -0.39 is 0 Å². The van der Waals surface area contributed by atoms with Gasteiger partial charge in [-0.1, -0.05) is 23.7 Å². The summed E-state index contributed by atoms with van der Waals surface area (Å²) >= 11 is 6.05. The number of rotatable bonds is 2. The van der Waals surface area contributed by atoms with Gasteiger partial charge in [-0.15, -0.1) is 0 Å². The number of aryl methyl sites for hydroxylation is 1. The molecule has 0 unspecified atom stereocenters. The zero-order valence-corrected chi connectivity index (χ0v) is 11.8. The predicted octanol–water partition coefficient (Wildman–Crippen LogP) is 3.21. The third-order valence-electron chi connectivity index (χ3n) is 3.74. The van der Waals surface area contributed by atoms with Crippen LogP contribution in [0.25, 0.3) is 11.3 Å². The van der Waals surface area contributed by atoms with Gasteiger partial charge in [-0.25, -0.2) is 4.98 Å². The number of imidazole rings is 1. The highest BCUT2D eigenvalue weighted by molar-refractivity contribution is 6.30. The van der Waals surface area contributed by atoms with Crippen molar-refractivity contribution in [3.05, 3.63) is 41.3 Å². The molecule has 0 saturated carbocycles. The molecule has 0 spiro atoms. The first-order chi connectivity index (χ1) is 9.24. The lowest BCUT2D eigenvalue weighted by atomic mass is 9.97. The van der Waals surface area contributed by atoms with Gasteiger partial charge in [-0.2, -0.15) is 0 Å². The molecule has 0 radical (unpaired) electrons. The Bertz CT molecular complexity index is 571. The molecule has 3 nitrogen and oxygen atoms in total. The fraction of sp³-hybridized carbons (Fsp3) is 0.400. The molecular weight excluding hydrogens is 258 g/mol. The van der Waals surface area contributed by atoms with E-state index in [1.165, 1.54) is 18.7 Å².